The number of hydrogen-bond donors (Lipinski definition) is 2. The van der Waals surface area contributed by atoms with Gasteiger partial charge in [-0.25, -0.2) is 9.69 Å². The van der Waals surface area contributed by atoms with Gasteiger partial charge >= 0.3 is 6.03 Å². The van der Waals surface area contributed by atoms with Crippen molar-refractivity contribution in [3.8, 4) is 5.75 Å². The van der Waals surface area contributed by atoms with Crippen LogP contribution < -0.4 is 20.3 Å². The van der Waals surface area contributed by atoms with E-state index in [1.165, 1.54) is 0 Å². The van der Waals surface area contributed by atoms with E-state index < -0.39 is 18.1 Å². The molecule has 166 valence electrons. The number of hydrogen-bond acceptors (Lipinski definition) is 5. The lowest BCUT2D eigenvalue weighted by molar-refractivity contribution is -0.122. The Morgan fingerprint density at radius 2 is 1.91 bits per heavy atom. The van der Waals surface area contributed by atoms with Gasteiger partial charge in [0, 0.05) is 19.8 Å². The number of likely N-dealkylation sites (N-methyl/N-ethyl adjacent to an activating group) is 1. The molecule has 2 atom stereocenters. The van der Waals surface area contributed by atoms with Crippen molar-refractivity contribution >= 4 is 23.5 Å². The molecule has 0 radical (unpaired) electrons. The summed E-state index contributed by atoms with van der Waals surface area (Å²) in [5.74, 6) is 0.100. The molecule has 8 nitrogen and oxygen atoms in total. The number of carbonyl (C=O) groups is 3. The number of rotatable bonds is 6. The molecule has 0 aromatic heterocycles. The molecule has 0 spiro atoms. The molecule has 2 aliphatic heterocycles. The molecule has 2 aromatic carbocycles. The Kier molecular flexibility index (Phi) is 5.85. The number of carbonyl (C=O) groups excluding carboxylic acids is 3. The van der Waals surface area contributed by atoms with Crippen molar-refractivity contribution < 1.29 is 19.1 Å². The lowest BCUT2D eigenvalue weighted by atomic mass is 9.99. The zero-order valence-electron chi connectivity index (χ0n) is 18.3. The van der Waals surface area contributed by atoms with Gasteiger partial charge in [0.15, 0.2) is 0 Å². The number of urea groups is 1. The smallest absolute Gasteiger partial charge is 0.329 e. The number of ether oxygens (including phenoxy) is 1. The molecule has 1 fully saturated rings. The number of methoxy groups -OCH3 is 1. The summed E-state index contributed by atoms with van der Waals surface area (Å²) in [6.07, 6.45) is 2.26. The van der Waals surface area contributed by atoms with Gasteiger partial charge in [-0.1, -0.05) is 29.8 Å². The highest BCUT2D eigenvalue weighted by Gasteiger charge is 2.49. The van der Waals surface area contributed by atoms with Crippen molar-refractivity contribution in [1.29, 1.82) is 0 Å². The normalized spacial score (nSPS) is 19.9. The fourth-order valence-electron chi connectivity index (χ4n) is 4.08. The van der Waals surface area contributed by atoms with Crippen LogP contribution in [0.15, 0.2) is 60.3 Å². The van der Waals surface area contributed by atoms with Gasteiger partial charge in [-0.2, -0.15) is 0 Å². The summed E-state index contributed by atoms with van der Waals surface area (Å²) in [5.41, 5.74) is 2.94. The van der Waals surface area contributed by atoms with Gasteiger partial charge in [0.2, 0.25) is 0 Å². The molecular weight excluding hydrogens is 408 g/mol. The molecule has 4 amide bonds. The van der Waals surface area contributed by atoms with Crippen LogP contribution in [0.3, 0.4) is 0 Å². The molecule has 4 rings (SSSR count). The van der Waals surface area contributed by atoms with Crippen molar-refractivity contribution in [2.75, 3.05) is 25.6 Å². The number of anilines is 1. The lowest BCUT2D eigenvalue weighted by Crippen LogP contribution is -2.65. The maximum atomic E-state index is 13.2. The van der Waals surface area contributed by atoms with Crippen LogP contribution in [-0.4, -0.2) is 55.5 Å². The molecule has 2 N–H and O–H groups in total. The predicted molar refractivity (Wildman–Crippen MR) is 120 cm³/mol. The number of nitrogens with one attached hydrogen (secondary N) is 2. The van der Waals surface area contributed by atoms with Gasteiger partial charge < -0.3 is 20.3 Å². The predicted octanol–water partition coefficient (Wildman–Crippen LogP) is 1.99. The van der Waals surface area contributed by atoms with E-state index >= 15 is 0 Å². The zero-order valence-corrected chi connectivity index (χ0v) is 18.3. The van der Waals surface area contributed by atoms with Crippen molar-refractivity contribution in [2.45, 2.75) is 25.4 Å². The molecule has 8 heteroatoms. The van der Waals surface area contributed by atoms with E-state index in [0.717, 1.165) is 21.8 Å². The second kappa shape index (κ2) is 8.74. The molecule has 0 bridgehead atoms. The van der Waals surface area contributed by atoms with Crippen LogP contribution in [0.2, 0.25) is 0 Å². The molecule has 2 unspecified atom stereocenters. The van der Waals surface area contributed by atoms with E-state index in [1.807, 2.05) is 43.3 Å². The van der Waals surface area contributed by atoms with Gasteiger partial charge in [-0.05, 0) is 43.2 Å². The zero-order chi connectivity index (χ0) is 22.8. The summed E-state index contributed by atoms with van der Waals surface area (Å²) >= 11 is 0. The number of fused-ring (bicyclic) bond motifs is 1. The summed E-state index contributed by atoms with van der Waals surface area (Å²) in [7, 11) is 3.34. The fourth-order valence-corrected chi connectivity index (χ4v) is 4.08. The number of aryl methyl sites for hydroxylation is 1. The third-order valence-electron chi connectivity index (χ3n) is 5.78. The highest BCUT2D eigenvalue weighted by atomic mass is 16.5. The van der Waals surface area contributed by atoms with Gasteiger partial charge in [0.05, 0.1) is 24.4 Å². The fraction of sp³-hybridized carbons (Fsp3) is 0.292. The summed E-state index contributed by atoms with van der Waals surface area (Å²) in [6, 6.07) is 12.9. The first-order chi connectivity index (χ1) is 15.4. The van der Waals surface area contributed by atoms with Crippen molar-refractivity contribution in [3.63, 3.8) is 0 Å². The van der Waals surface area contributed by atoms with E-state index in [9.17, 15) is 14.4 Å². The molecule has 2 aromatic rings. The van der Waals surface area contributed by atoms with Crippen molar-refractivity contribution in [3.05, 3.63) is 71.4 Å². The molecule has 0 saturated carbocycles. The third kappa shape index (κ3) is 4.03. The van der Waals surface area contributed by atoms with Crippen molar-refractivity contribution in [1.82, 2.24) is 15.5 Å². The van der Waals surface area contributed by atoms with Crippen LogP contribution >= 0.6 is 0 Å². The standard InChI is InChI=1S/C24H26N4O4/c1-15-7-9-17(10-8-15)28-23(30)21-20(26-24(28)31)19(14-27(21)2)22(29)25-12-11-16-5-4-6-18(13-16)32-3/h4-10,13-14,20-21H,11-12H2,1-3H3,(H,25,29)(H,26,31). The van der Waals surface area contributed by atoms with Crippen LogP contribution in [-0.2, 0) is 16.0 Å². The molecule has 0 aliphatic carbocycles. The Morgan fingerprint density at radius 3 is 2.62 bits per heavy atom. The minimum absolute atomic E-state index is 0.302. The largest absolute Gasteiger partial charge is 0.497 e. The molecule has 2 heterocycles. The van der Waals surface area contributed by atoms with Gasteiger partial charge in [-0.3, -0.25) is 9.59 Å². The number of nitrogens with zero attached hydrogens (tertiary/aromatic N) is 2. The van der Waals surface area contributed by atoms with E-state index in [4.69, 9.17) is 4.74 Å². The second-order valence-electron chi connectivity index (χ2n) is 7.99. The Morgan fingerprint density at radius 1 is 1.16 bits per heavy atom. The topological polar surface area (TPSA) is 91.0 Å². The summed E-state index contributed by atoms with van der Waals surface area (Å²) < 4.78 is 5.22. The maximum absolute atomic E-state index is 13.2. The van der Waals surface area contributed by atoms with Crippen LogP contribution in [0.5, 0.6) is 5.75 Å². The van der Waals surface area contributed by atoms with Crippen LogP contribution in [0.4, 0.5) is 10.5 Å². The van der Waals surface area contributed by atoms with E-state index in [0.29, 0.717) is 24.2 Å². The number of benzene rings is 2. The van der Waals surface area contributed by atoms with Crippen LogP contribution in [0, 0.1) is 6.92 Å². The SMILES string of the molecule is COc1cccc(CCNC(=O)C2=CN(C)C3C(=O)N(c4ccc(C)cc4)C(=O)NC23)c1. The van der Waals surface area contributed by atoms with Gasteiger partial charge in [-0.15, -0.1) is 0 Å². The quantitative estimate of drug-likeness (QED) is 0.726. The lowest BCUT2D eigenvalue weighted by Gasteiger charge is -2.37. The first-order valence-corrected chi connectivity index (χ1v) is 10.4. The van der Waals surface area contributed by atoms with Gasteiger partial charge in [0.1, 0.15) is 11.8 Å². The Balaban J connectivity index is 1.43. The number of amides is 4. The highest BCUT2D eigenvalue weighted by Crippen LogP contribution is 2.29. The molecule has 2 aliphatic rings. The third-order valence-corrected chi connectivity index (χ3v) is 5.78. The average molecular weight is 434 g/mol. The average Bonchev–Trinajstić information content (AvgIpc) is 3.11. The van der Waals surface area contributed by atoms with Gasteiger partial charge in [0.25, 0.3) is 11.8 Å². The van der Waals surface area contributed by atoms with E-state index in [-0.39, 0.29) is 11.8 Å². The van der Waals surface area contributed by atoms with Crippen LogP contribution in [0.25, 0.3) is 0 Å². The summed E-state index contributed by atoms with van der Waals surface area (Å²) in [6.45, 7) is 2.35. The summed E-state index contributed by atoms with van der Waals surface area (Å²) in [5, 5.41) is 5.73. The number of imide groups is 1. The second-order valence-corrected chi connectivity index (χ2v) is 7.99. The first-order valence-electron chi connectivity index (χ1n) is 10.4. The summed E-state index contributed by atoms with van der Waals surface area (Å²) in [4.78, 5) is 41.6. The highest BCUT2D eigenvalue weighted by molar-refractivity contribution is 6.19. The van der Waals surface area contributed by atoms with Crippen LogP contribution in [0.1, 0.15) is 11.1 Å². The maximum Gasteiger partial charge on any atom is 0.329 e. The minimum Gasteiger partial charge on any atom is -0.497 e. The monoisotopic (exact) mass is 434 g/mol. The Hall–Kier alpha value is -3.81. The van der Waals surface area contributed by atoms with E-state index in [2.05, 4.69) is 10.6 Å². The minimum atomic E-state index is -0.696. The first kappa shape index (κ1) is 21.4. The molecular formula is C24H26N4O4. The van der Waals surface area contributed by atoms with E-state index in [1.54, 1.807) is 37.4 Å². The Labute approximate surface area is 186 Å². The molecule has 32 heavy (non-hydrogen) atoms. The van der Waals surface area contributed by atoms with Crippen molar-refractivity contribution in [2.24, 2.45) is 0 Å². The Bertz CT molecular complexity index is 1080. The molecule has 1 saturated heterocycles.